The lowest BCUT2D eigenvalue weighted by atomic mass is 10.3. The zero-order chi connectivity index (χ0) is 15.5. The van der Waals surface area contributed by atoms with E-state index in [-0.39, 0.29) is 9.63 Å². The van der Waals surface area contributed by atoms with Crippen LogP contribution in [0, 0.1) is 0 Å². The van der Waals surface area contributed by atoms with Gasteiger partial charge in [-0.3, -0.25) is 4.31 Å². The molecular formula is C13H17BrN4O2S. The first kappa shape index (κ1) is 16.0. The number of aromatic nitrogens is 3. The Labute approximate surface area is 132 Å². The van der Waals surface area contributed by atoms with Crippen LogP contribution in [0.5, 0.6) is 0 Å². The van der Waals surface area contributed by atoms with Gasteiger partial charge in [-0.25, -0.2) is 4.68 Å². The maximum atomic E-state index is 12.9. The van der Waals surface area contributed by atoms with Crippen molar-refractivity contribution < 1.29 is 8.42 Å². The molecule has 2 aromatic rings. The average molecular weight is 373 g/mol. The molecule has 0 bridgehead atoms. The molecule has 0 saturated heterocycles. The molecule has 0 aliphatic heterocycles. The van der Waals surface area contributed by atoms with Crippen LogP contribution >= 0.6 is 15.9 Å². The number of nitrogens with zero attached hydrogens (tertiary/aromatic N) is 4. The SMILES string of the molecule is CCCCN(c1ccccc1)S(=O)(=O)c1c(Br)nnn1C. The normalized spacial score (nSPS) is 11.6. The molecule has 0 atom stereocenters. The van der Waals surface area contributed by atoms with Crippen LogP contribution in [0.4, 0.5) is 5.69 Å². The quantitative estimate of drug-likeness (QED) is 0.781. The van der Waals surface area contributed by atoms with Gasteiger partial charge in [0.05, 0.1) is 5.69 Å². The van der Waals surface area contributed by atoms with Crippen molar-refractivity contribution in [2.75, 3.05) is 10.8 Å². The van der Waals surface area contributed by atoms with E-state index < -0.39 is 10.0 Å². The van der Waals surface area contributed by atoms with Crippen LogP contribution in [-0.4, -0.2) is 30.0 Å². The van der Waals surface area contributed by atoms with Crippen molar-refractivity contribution in [2.45, 2.75) is 24.8 Å². The van der Waals surface area contributed by atoms with Gasteiger partial charge in [0.1, 0.15) is 0 Å². The molecule has 114 valence electrons. The van der Waals surface area contributed by atoms with Crippen LogP contribution in [0.15, 0.2) is 40.0 Å². The Morgan fingerprint density at radius 1 is 1.29 bits per heavy atom. The first-order valence-corrected chi connectivity index (χ1v) is 8.84. The highest BCUT2D eigenvalue weighted by atomic mass is 79.9. The highest BCUT2D eigenvalue weighted by Gasteiger charge is 2.30. The lowest BCUT2D eigenvalue weighted by molar-refractivity contribution is 0.567. The van der Waals surface area contributed by atoms with Gasteiger partial charge in [-0.2, -0.15) is 8.42 Å². The van der Waals surface area contributed by atoms with Gasteiger partial charge in [-0.05, 0) is 34.5 Å². The van der Waals surface area contributed by atoms with Gasteiger partial charge in [-0.1, -0.05) is 36.8 Å². The number of hydrogen-bond acceptors (Lipinski definition) is 4. The number of benzene rings is 1. The molecule has 1 aromatic heterocycles. The summed E-state index contributed by atoms with van der Waals surface area (Å²) in [6.45, 7) is 2.44. The second-order valence-electron chi connectivity index (χ2n) is 4.58. The fourth-order valence-electron chi connectivity index (χ4n) is 1.99. The number of aryl methyl sites for hydroxylation is 1. The molecule has 0 aliphatic rings. The van der Waals surface area contributed by atoms with Gasteiger partial charge in [0.25, 0.3) is 10.0 Å². The van der Waals surface area contributed by atoms with E-state index in [0.29, 0.717) is 12.2 Å². The molecule has 0 N–H and O–H groups in total. The molecule has 0 amide bonds. The zero-order valence-corrected chi connectivity index (χ0v) is 14.3. The summed E-state index contributed by atoms with van der Waals surface area (Å²) in [5, 5.41) is 7.57. The second kappa shape index (κ2) is 6.57. The van der Waals surface area contributed by atoms with Crippen molar-refractivity contribution in [2.24, 2.45) is 7.05 Å². The van der Waals surface area contributed by atoms with Crippen molar-refractivity contribution in [1.29, 1.82) is 0 Å². The fraction of sp³-hybridized carbons (Fsp3) is 0.385. The number of rotatable bonds is 6. The van der Waals surface area contributed by atoms with Crippen LogP contribution in [0.2, 0.25) is 0 Å². The number of unbranched alkanes of at least 4 members (excludes halogenated alkanes) is 1. The van der Waals surface area contributed by atoms with Gasteiger partial charge >= 0.3 is 0 Å². The van der Waals surface area contributed by atoms with E-state index in [1.165, 1.54) is 8.99 Å². The Hall–Kier alpha value is -1.41. The minimum atomic E-state index is -3.72. The van der Waals surface area contributed by atoms with Crippen LogP contribution in [0.3, 0.4) is 0 Å². The van der Waals surface area contributed by atoms with E-state index >= 15 is 0 Å². The lowest BCUT2D eigenvalue weighted by Gasteiger charge is -2.24. The van der Waals surface area contributed by atoms with E-state index in [9.17, 15) is 8.42 Å². The summed E-state index contributed by atoms with van der Waals surface area (Å²) in [4.78, 5) is 0. The summed E-state index contributed by atoms with van der Waals surface area (Å²) in [7, 11) is -2.16. The largest absolute Gasteiger partial charge is 0.284 e. The van der Waals surface area contributed by atoms with E-state index in [2.05, 4.69) is 26.2 Å². The average Bonchev–Trinajstić information content (AvgIpc) is 2.80. The van der Waals surface area contributed by atoms with Gasteiger partial charge in [0.15, 0.2) is 4.60 Å². The van der Waals surface area contributed by atoms with Gasteiger partial charge in [0, 0.05) is 13.6 Å². The maximum Gasteiger partial charge on any atom is 0.284 e. The first-order valence-electron chi connectivity index (χ1n) is 6.61. The molecule has 1 heterocycles. The molecule has 0 unspecified atom stereocenters. The minimum Gasteiger partial charge on any atom is -0.265 e. The smallest absolute Gasteiger partial charge is 0.265 e. The van der Waals surface area contributed by atoms with Crippen molar-refractivity contribution >= 4 is 31.6 Å². The van der Waals surface area contributed by atoms with Crippen LogP contribution in [0.25, 0.3) is 0 Å². The Bertz CT molecular complexity index is 681. The number of sulfonamides is 1. The summed E-state index contributed by atoms with van der Waals surface area (Å²) >= 11 is 3.16. The Balaban J connectivity index is 2.50. The molecule has 0 radical (unpaired) electrons. The molecule has 2 rings (SSSR count). The van der Waals surface area contributed by atoms with Crippen molar-refractivity contribution in [1.82, 2.24) is 15.0 Å². The summed E-state index contributed by atoms with van der Waals surface area (Å²) < 4.78 is 28.8. The summed E-state index contributed by atoms with van der Waals surface area (Å²) in [6, 6.07) is 9.06. The van der Waals surface area contributed by atoms with Crippen molar-refractivity contribution in [3.8, 4) is 0 Å². The third-order valence-electron chi connectivity index (χ3n) is 3.03. The van der Waals surface area contributed by atoms with E-state index in [4.69, 9.17) is 0 Å². The molecule has 0 fully saturated rings. The zero-order valence-electron chi connectivity index (χ0n) is 11.9. The topological polar surface area (TPSA) is 68.1 Å². The Kier molecular flexibility index (Phi) is 5.00. The van der Waals surface area contributed by atoms with E-state index in [1.54, 1.807) is 19.2 Å². The maximum absolute atomic E-state index is 12.9. The Morgan fingerprint density at radius 3 is 2.48 bits per heavy atom. The molecular weight excluding hydrogens is 356 g/mol. The predicted octanol–water partition coefficient (Wildman–Crippen LogP) is 2.57. The number of para-hydroxylation sites is 1. The first-order chi connectivity index (χ1) is 9.98. The summed E-state index contributed by atoms with van der Waals surface area (Å²) in [6.07, 6.45) is 1.68. The molecule has 0 saturated carbocycles. The predicted molar refractivity (Wildman–Crippen MR) is 84.6 cm³/mol. The fourth-order valence-corrected chi connectivity index (χ4v) is 4.53. The van der Waals surface area contributed by atoms with Crippen molar-refractivity contribution in [3.63, 3.8) is 0 Å². The molecule has 8 heteroatoms. The Morgan fingerprint density at radius 2 is 1.95 bits per heavy atom. The lowest BCUT2D eigenvalue weighted by Crippen LogP contribution is -2.33. The number of halogens is 1. The van der Waals surface area contributed by atoms with Gasteiger partial charge in [-0.15, -0.1) is 5.10 Å². The highest BCUT2D eigenvalue weighted by Crippen LogP contribution is 2.27. The minimum absolute atomic E-state index is 0.0578. The number of anilines is 1. The molecule has 0 aliphatic carbocycles. The standard InChI is InChI=1S/C13H17BrN4O2S/c1-3-4-10-18(11-8-6-5-7-9-11)21(19,20)13-12(14)15-16-17(13)2/h5-9H,3-4,10H2,1-2H3. The summed E-state index contributed by atoms with van der Waals surface area (Å²) in [5.41, 5.74) is 0.638. The monoisotopic (exact) mass is 372 g/mol. The van der Waals surface area contributed by atoms with Crippen LogP contribution < -0.4 is 4.31 Å². The van der Waals surface area contributed by atoms with Gasteiger partial charge < -0.3 is 0 Å². The highest BCUT2D eigenvalue weighted by molar-refractivity contribution is 9.10. The molecule has 0 spiro atoms. The van der Waals surface area contributed by atoms with E-state index in [1.807, 2.05) is 25.1 Å². The van der Waals surface area contributed by atoms with E-state index in [0.717, 1.165) is 12.8 Å². The third kappa shape index (κ3) is 3.26. The van der Waals surface area contributed by atoms with Gasteiger partial charge in [0.2, 0.25) is 5.03 Å². The second-order valence-corrected chi connectivity index (χ2v) is 7.10. The molecule has 21 heavy (non-hydrogen) atoms. The van der Waals surface area contributed by atoms with Crippen LogP contribution in [-0.2, 0) is 17.1 Å². The molecule has 6 nitrogen and oxygen atoms in total. The molecule has 1 aromatic carbocycles. The number of hydrogen-bond donors (Lipinski definition) is 0. The van der Waals surface area contributed by atoms with Crippen LogP contribution in [0.1, 0.15) is 19.8 Å². The van der Waals surface area contributed by atoms with Crippen molar-refractivity contribution in [3.05, 3.63) is 34.9 Å². The summed E-state index contributed by atoms with van der Waals surface area (Å²) in [5.74, 6) is 0. The third-order valence-corrected chi connectivity index (χ3v) is 5.75.